The molecule has 3 fully saturated rings. The maximum atomic E-state index is 11.7. The van der Waals surface area contributed by atoms with Crippen LogP contribution >= 0.6 is 0 Å². The predicted octanol–water partition coefficient (Wildman–Crippen LogP) is 3.34. The second-order valence-corrected chi connectivity index (χ2v) is 16.3. The zero-order chi connectivity index (χ0) is 28.6. The van der Waals surface area contributed by atoms with Crippen LogP contribution in [0, 0.1) is 0 Å². The van der Waals surface area contributed by atoms with Gasteiger partial charge >= 0.3 is 0 Å². The second kappa shape index (κ2) is 11.5. The van der Waals surface area contributed by atoms with Crippen LogP contribution < -0.4 is 10.4 Å². The first-order valence-electron chi connectivity index (χ1n) is 14.2. The Hall–Kier alpha value is -1.66. The van der Waals surface area contributed by atoms with Crippen LogP contribution in [0.1, 0.15) is 46.5 Å². The molecule has 0 bridgehead atoms. The largest absolute Gasteiger partial charge is 0.405 e. The minimum absolute atomic E-state index is 0.149. The summed E-state index contributed by atoms with van der Waals surface area (Å²) in [4.78, 5) is 0. The number of aliphatic hydroxyl groups excluding tert-OH is 1. The Morgan fingerprint density at radius 2 is 1.32 bits per heavy atom. The molecule has 8 nitrogen and oxygen atoms in total. The first-order valence-corrected chi connectivity index (χ1v) is 16.1. The number of aliphatic hydroxyl groups is 1. The summed E-state index contributed by atoms with van der Waals surface area (Å²) in [6.07, 6.45) is -0.996. The lowest BCUT2D eigenvalue weighted by atomic mass is 9.84. The van der Waals surface area contributed by atoms with Crippen molar-refractivity contribution in [1.29, 1.82) is 0 Å². The molecule has 7 atom stereocenters. The van der Waals surface area contributed by atoms with E-state index in [1.54, 1.807) is 21.3 Å². The molecule has 2 heterocycles. The fourth-order valence-corrected chi connectivity index (χ4v) is 11.5. The van der Waals surface area contributed by atoms with Gasteiger partial charge in [-0.25, -0.2) is 0 Å². The van der Waals surface area contributed by atoms with Crippen LogP contribution in [0.4, 0.5) is 0 Å². The summed E-state index contributed by atoms with van der Waals surface area (Å²) in [6, 6.07) is 20.8. The molecule has 0 radical (unpaired) electrons. The van der Waals surface area contributed by atoms with E-state index in [0.717, 1.165) is 23.2 Å². The summed E-state index contributed by atoms with van der Waals surface area (Å²) in [5.41, 5.74) is 0. The summed E-state index contributed by atoms with van der Waals surface area (Å²) in [5, 5.41) is 13.8. The number of fused-ring (bicyclic) bond motifs is 2. The molecule has 0 spiro atoms. The Morgan fingerprint density at radius 3 is 1.77 bits per heavy atom. The fraction of sp³-hybridized carbons (Fsp3) is 0.613. The molecular formula is C31H44O8Si. The normalized spacial score (nSPS) is 34.6. The molecule has 9 heteroatoms. The van der Waals surface area contributed by atoms with E-state index in [9.17, 15) is 5.11 Å². The monoisotopic (exact) mass is 572 g/mol. The number of methoxy groups -OCH3 is 3. The number of hydrogen-bond donors (Lipinski definition) is 1. The third-order valence-electron chi connectivity index (χ3n) is 8.89. The molecule has 1 saturated carbocycles. The summed E-state index contributed by atoms with van der Waals surface area (Å²) in [7, 11) is 1.92. The van der Waals surface area contributed by atoms with E-state index in [1.165, 1.54) is 0 Å². The molecule has 1 N–H and O–H groups in total. The lowest BCUT2D eigenvalue weighted by Gasteiger charge is -2.60. The van der Waals surface area contributed by atoms with Crippen molar-refractivity contribution in [1.82, 2.24) is 0 Å². The van der Waals surface area contributed by atoms with Crippen LogP contribution in [0.25, 0.3) is 0 Å². The first-order chi connectivity index (χ1) is 19.2. The first kappa shape index (κ1) is 29.8. The molecule has 2 aliphatic heterocycles. The Kier molecular flexibility index (Phi) is 8.61. The fourth-order valence-electron chi connectivity index (χ4n) is 6.89. The van der Waals surface area contributed by atoms with Gasteiger partial charge in [-0.15, -0.1) is 0 Å². The van der Waals surface area contributed by atoms with E-state index in [-0.39, 0.29) is 11.6 Å². The van der Waals surface area contributed by atoms with Crippen molar-refractivity contribution in [2.45, 2.75) is 93.8 Å². The maximum absolute atomic E-state index is 11.7. The van der Waals surface area contributed by atoms with Crippen molar-refractivity contribution in [2.24, 2.45) is 0 Å². The van der Waals surface area contributed by atoms with Gasteiger partial charge in [-0.05, 0) is 28.3 Å². The molecule has 2 aromatic carbocycles. The van der Waals surface area contributed by atoms with Crippen LogP contribution in [0.2, 0.25) is 5.04 Å². The molecule has 2 aromatic rings. The van der Waals surface area contributed by atoms with Gasteiger partial charge in [0.1, 0.15) is 24.4 Å². The van der Waals surface area contributed by atoms with Gasteiger partial charge in [-0.1, -0.05) is 81.4 Å². The van der Waals surface area contributed by atoms with Crippen molar-refractivity contribution < 1.29 is 38.0 Å². The van der Waals surface area contributed by atoms with Gasteiger partial charge in [0, 0.05) is 34.2 Å². The van der Waals surface area contributed by atoms with Crippen molar-refractivity contribution >= 4 is 18.7 Å². The van der Waals surface area contributed by atoms with E-state index in [2.05, 4.69) is 69.3 Å². The topological polar surface area (TPSA) is 84.8 Å². The average molecular weight is 573 g/mol. The molecule has 3 aliphatic rings. The third-order valence-corrected chi connectivity index (χ3v) is 13.9. The highest BCUT2D eigenvalue weighted by molar-refractivity contribution is 6.99. The zero-order valence-corrected chi connectivity index (χ0v) is 25.5. The van der Waals surface area contributed by atoms with Gasteiger partial charge in [0.25, 0.3) is 8.32 Å². The van der Waals surface area contributed by atoms with Crippen molar-refractivity contribution in [3.05, 3.63) is 60.7 Å². The van der Waals surface area contributed by atoms with Crippen molar-refractivity contribution in [3.63, 3.8) is 0 Å². The smallest absolute Gasteiger partial charge is 0.261 e. The zero-order valence-electron chi connectivity index (χ0n) is 24.5. The van der Waals surface area contributed by atoms with Crippen LogP contribution in [-0.4, -0.2) is 83.6 Å². The predicted molar refractivity (Wildman–Crippen MR) is 153 cm³/mol. The minimum Gasteiger partial charge on any atom is -0.405 e. The van der Waals surface area contributed by atoms with Gasteiger partial charge < -0.3 is 38.0 Å². The number of benzene rings is 2. The van der Waals surface area contributed by atoms with Crippen molar-refractivity contribution in [3.8, 4) is 0 Å². The number of hydrogen-bond acceptors (Lipinski definition) is 8. The molecule has 220 valence electrons. The van der Waals surface area contributed by atoms with E-state index in [4.69, 9.17) is 32.8 Å². The van der Waals surface area contributed by atoms with Crippen LogP contribution in [0.5, 0.6) is 0 Å². The average Bonchev–Trinajstić information content (AvgIpc) is 2.98. The van der Waals surface area contributed by atoms with E-state index in [1.807, 2.05) is 12.1 Å². The summed E-state index contributed by atoms with van der Waals surface area (Å²) >= 11 is 0. The highest BCUT2D eigenvalue weighted by Crippen LogP contribution is 2.51. The lowest BCUT2D eigenvalue weighted by Crippen LogP contribution is -2.75. The van der Waals surface area contributed by atoms with E-state index in [0.29, 0.717) is 12.8 Å². The SMILES string of the molecule is CO[C@H]1O[C@H](CO[Si](c2ccccc2)(c2ccccc2)C(C)(C)C)[C@H](O)[C@@H]2O[C@]3(OC)CCCC[C@@]3(OC)O[C@@H]12. The Balaban J connectivity index is 1.48. The number of rotatable bonds is 8. The van der Waals surface area contributed by atoms with Crippen LogP contribution in [0.15, 0.2) is 60.7 Å². The number of ether oxygens (including phenoxy) is 6. The van der Waals surface area contributed by atoms with Gasteiger partial charge in [0.05, 0.1) is 6.61 Å². The lowest BCUT2D eigenvalue weighted by molar-refractivity contribution is -0.500. The Bertz CT molecular complexity index is 1070. The maximum Gasteiger partial charge on any atom is 0.261 e. The molecule has 1 aliphatic carbocycles. The highest BCUT2D eigenvalue weighted by Gasteiger charge is 2.67. The van der Waals surface area contributed by atoms with Gasteiger partial charge in [0.2, 0.25) is 11.6 Å². The molecule has 0 amide bonds. The van der Waals surface area contributed by atoms with Crippen LogP contribution in [0.3, 0.4) is 0 Å². The van der Waals surface area contributed by atoms with Gasteiger partial charge in [-0.3, -0.25) is 0 Å². The second-order valence-electron chi connectivity index (χ2n) is 12.0. The van der Waals surface area contributed by atoms with Crippen LogP contribution in [-0.2, 0) is 32.8 Å². The Labute approximate surface area is 238 Å². The standard InChI is InChI=1S/C31H44O8Si/c1-29(2,3)40(22-15-9-7-10-16-22,23-17-11-8-12-18-23)36-21-24-25(32)26-27(28(33-4)37-24)39-31(35-6)20-14-13-19-30(31,34-5)38-26/h7-12,15-18,24-28,32H,13-14,19-21H2,1-6H3/t24-,25+,26+,27-,28+,30-,31-/m1/s1. The minimum atomic E-state index is -2.85. The third kappa shape index (κ3) is 4.79. The van der Waals surface area contributed by atoms with Gasteiger partial charge in [0.15, 0.2) is 6.29 Å². The van der Waals surface area contributed by atoms with Crippen molar-refractivity contribution in [2.75, 3.05) is 27.9 Å². The highest BCUT2D eigenvalue weighted by atomic mass is 28.4. The quantitative estimate of drug-likeness (QED) is 0.483. The van der Waals surface area contributed by atoms with E-state index >= 15 is 0 Å². The molecule has 40 heavy (non-hydrogen) atoms. The summed E-state index contributed by atoms with van der Waals surface area (Å²) in [6.45, 7) is 6.81. The molecule has 5 rings (SSSR count). The Morgan fingerprint density at radius 1 is 0.825 bits per heavy atom. The molecule has 0 unspecified atom stereocenters. The molecule has 0 aromatic heterocycles. The molecule has 2 saturated heterocycles. The van der Waals surface area contributed by atoms with Gasteiger partial charge in [-0.2, -0.15) is 0 Å². The summed E-state index contributed by atoms with van der Waals surface area (Å²) in [5.74, 6) is -2.25. The van der Waals surface area contributed by atoms with E-state index < -0.39 is 50.6 Å². The molecular weight excluding hydrogens is 528 g/mol. The summed E-state index contributed by atoms with van der Waals surface area (Å²) < 4.78 is 44.3.